The molecule has 2 aromatic rings. The highest BCUT2D eigenvalue weighted by Gasteiger charge is 2.30. The maximum atomic E-state index is 12.6. The molecule has 0 radical (unpaired) electrons. The summed E-state index contributed by atoms with van der Waals surface area (Å²) in [6.07, 6.45) is -4.52. The molecule has 0 saturated carbocycles. The van der Waals surface area contributed by atoms with Crippen LogP contribution in [0.1, 0.15) is 5.56 Å². The first-order valence-corrected chi connectivity index (χ1v) is 5.23. The molecule has 104 valence electrons. The molecule has 0 unspecified atom stereocenters. The fourth-order valence-corrected chi connectivity index (χ4v) is 1.55. The van der Waals surface area contributed by atoms with Crippen LogP contribution in [0.25, 0.3) is 11.4 Å². The first-order valence-electron chi connectivity index (χ1n) is 5.23. The van der Waals surface area contributed by atoms with Crippen molar-refractivity contribution in [2.75, 3.05) is 5.73 Å². The number of aromatic nitrogens is 2. The minimum Gasteiger partial charge on any atom is -0.382 e. The number of benzene rings is 1. The Morgan fingerprint density at radius 1 is 1.30 bits per heavy atom. The van der Waals surface area contributed by atoms with Crippen LogP contribution in [0, 0.1) is 4.91 Å². The van der Waals surface area contributed by atoms with E-state index in [9.17, 15) is 22.9 Å². The second kappa shape index (κ2) is 4.76. The quantitative estimate of drug-likeness (QED) is 0.827. The minimum atomic E-state index is -4.52. The first-order chi connectivity index (χ1) is 9.32. The summed E-state index contributed by atoms with van der Waals surface area (Å²) >= 11 is 0. The van der Waals surface area contributed by atoms with Gasteiger partial charge in [0.25, 0.3) is 5.56 Å². The topological polar surface area (TPSA) is 101 Å². The smallest absolute Gasteiger partial charge is 0.382 e. The van der Waals surface area contributed by atoms with Crippen molar-refractivity contribution in [1.82, 2.24) is 9.97 Å². The Hall–Kier alpha value is -2.71. The monoisotopic (exact) mass is 284 g/mol. The molecule has 0 saturated heterocycles. The van der Waals surface area contributed by atoms with Crippen molar-refractivity contribution < 1.29 is 13.2 Å². The Morgan fingerprint density at radius 3 is 2.55 bits per heavy atom. The summed E-state index contributed by atoms with van der Waals surface area (Å²) in [5, 5.41) is 2.40. The van der Waals surface area contributed by atoms with E-state index in [1.165, 1.54) is 12.1 Å². The van der Waals surface area contributed by atoms with E-state index in [1.54, 1.807) is 0 Å². The molecule has 1 heterocycles. The fraction of sp³-hybridized carbons (Fsp3) is 0.0909. The summed E-state index contributed by atoms with van der Waals surface area (Å²) < 4.78 is 37.8. The lowest BCUT2D eigenvalue weighted by Crippen LogP contribution is -2.12. The number of H-pyrrole nitrogens is 1. The van der Waals surface area contributed by atoms with E-state index in [0.717, 1.165) is 12.1 Å². The summed E-state index contributed by atoms with van der Waals surface area (Å²) in [6.45, 7) is 0. The maximum absolute atomic E-state index is 12.6. The van der Waals surface area contributed by atoms with Crippen molar-refractivity contribution in [3.8, 4) is 11.4 Å². The van der Waals surface area contributed by atoms with Gasteiger partial charge in [-0.05, 0) is 17.3 Å². The van der Waals surface area contributed by atoms with E-state index in [-0.39, 0.29) is 11.4 Å². The Balaban J connectivity index is 2.58. The molecule has 0 aliphatic carbocycles. The van der Waals surface area contributed by atoms with Crippen molar-refractivity contribution >= 4 is 11.5 Å². The normalized spacial score (nSPS) is 11.3. The predicted molar refractivity (Wildman–Crippen MR) is 65.2 cm³/mol. The zero-order chi connectivity index (χ0) is 14.9. The third-order valence-electron chi connectivity index (χ3n) is 2.48. The van der Waals surface area contributed by atoms with Crippen molar-refractivity contribution in [3.63, 3.8) is 0 Å². The van der Waals surface area contributed by atoms with E-state index in [2.05, 4.69) is 15.1 Å². The molecule has 0 amide bonds. The van der Waals surface area contributed by atoms with Gasteiger partial charge < -0.3 is 10.7 Å². The van der Waals surface area contributed by atoms with Crippen LogP contribution >= 0.6 is 0 Å². The van der Waals surface area contributed by atoms with E-state index in [1.807, 2.05) is 0 Å². The molecule has 0 aliphatic rings. The molecule has 0 spiro atoms. The second-order valence-electron chi connectivity index (χ2n) is 3.82. The largest absolute Gasteiger partial charge is 0.416 e. The molecule has 3 N–H and O–H groups in total. The van der Waals surface area contributed by atoms with Crippen molar-refractivity contribution in [3.05, 3.63) is 45.1 Å². The van der Waals surface area contributed by atoms with Gasteiger partial charge in [0.05, 0.1) is 5.56 Å². The van der Waals surface area contributed by atoms with Gasteiger partial charge in [-0.15, -0.1) is 4.91 Å². The Morgan fingerprint density at radius 2 is 2.00 bits per heavy atom. The van der Waals surface area contributed by atoms with E-state index < -0.39 is 28.8 Å². The zero-order valence-corrected chi connectivity index (χ0v) is 9.73. The van der Waals surface area contributed by atoms with Crippen LogP contribution < -0.4 is 11.3 Å². The number of halogens is 3. The van der Waals surface area contributed by atoms with Gasteiger partial charge in [-0.1, -0.05) is 12.1 Å². The Bertz CT molecular complexity index is 724. The number of nitrogens with one attached hydrogen (secondary N) is 1. The Labute approximate surface area is 109 Å². The molecule has 0 bridgehead atoms. The summed E-state index contributed by atoms with van der Waals surface area (Å²) in [4.78, 5) is 27.6. The SMILES string of the molecule is Nc1nc(-c2cccc(C(F)(F)F)c2)[nH]c(=O)c1N=O. The number of aromatic amines is 1. The van der Waals surface area contributed by atoms with Gasteiger partial charge in [0.1, 0.15) is 5.82 Å². The number of rotatable bonds is 2. The number of alkyl halides is 3. The summed E-state index contributed by atoms with van der Waals surface area (Å²) in [7, 11) is 0. The first kappa shape index (κ1) is 13.7. The number of anilines is 1. The van der Waals surface area contributed by atoms with Gasteiger partial charge in [-0.2, -0.15) is 13.2 Å². The third-order valence-corrected chi connectivity index (χ3v) is 2.48. The average Bonchev–Trinajstić information content (AvgIpc) is 2.37. The van der Waals surface area contributed by atoms with E-state index >= 15 is 0 Å². The standard InChI is InChI=1S/C11H7F3N4O2/c12-11(13,14)6-3-1-2-5(4-6)9-16-8(15)7(18-20)10(19)17-9/h1-4H,(H3,15,16,17,19). The van der Waals surface area contributed by atoms with Gasteiger partial charge in [-0.3, -0.25) is 4.79 Å². The summed E-state index contributed by atoms with van der Waals surface area (Å²) in [5.41, 5.74) is 2.94. The minimum absolute atomic E-state index is 0.0149. The molecular weight excluding hydrogens is 277 g/mol. The molecule has 2 rings (SSSR count). The van der Waals surface area contributed by atoms with Crippen molar-refractivity contribution in [2.24, 2.45) is 5.18 Å². The molecular formula is C11H7F3N4O2. The van der Waals surface area contributed by atoms with Crippen LogP contribution in [0.5, 0.6) is 0 Å². The van der Waals surface area contributed by atoms with Crippen LogP contribution in [0.3, 0.4) is 0 Å². The molecule has 1 aromatic heterocycles. The highest BCUT2D eigenvalue weighted by atomic mass is 19.4. The van der Waals surface area contributed by atoms with Crippen LogP contribution in [0.2, 0.25) is 0 Å². The van der Waals surface area contributed by atoms with Gasteiger partial charge in [-0.25, -0.2) is 4.98 Å². The lowest BCUT2D eigenvalue weighted by molar-refractivity contribution is -0.137. The molecule has 1 aromatic carbocycles. The zero-order valence-electron chi connectivity index (χ0n) is 9.73. The van der Waals surface area contributed by atoms with Gasteiger partial charge in [0.2, 0.25) is 5.69 Å². The van der Waals surface area contributed by atoms with Crippen LogP contribution in [0.4, 0.5) is 24.7 Å². The van der Waals surface area contributed by atoms with Gasteiger partial charge >= 0.3 is 6.18 Å². The van der Waals surface area contributed by atoms with Crippen molar-refractivity contribution in [1.29, 1.82) is 0 Å². The molecule has 0 aliphatic heterocycles. The highest BCUT2D eigenvalue weighted by molar-refractivity contribution is 5.63. The molecule has 20 heavy (non-hydrogen) atoms. The summed E-state index contributed by atoms with van der Waals surface area (Å²) in [5.74, 6) is -0.623. The maximum Gasteiger partial charge on any atom is 0.416 e. The van der Waals surface area contributed by atoms with Crippen LogP contribution in [-0.2, 0) is 6.18 Å². The number of hydrogen-bond acceptors (Lipinski definition) is 5. The number of nitrogens with two attached hydrogens (primary N) is 1. The average molecular weight is 284 g/mol. The predicted octanol–water partition coefficient (Wildman–Crippen LogP) is 2.44. The van der Waals surface area contributed by atoms with Crippen molar-refractivity contribution in [2.45, 2.75) is 6.18 Å². The highest BCUT2D eigenvalue weighted by Crippen LogP contribution is 2.31. The van der Waals surface area contributed by atoms with Crippen LogP contribution in [0.15, 0.2) is 34.2 Å². The number of nitrogens with zero attached hydrogens (tertiary/aromatic N) is 2. The number of nitrogen functional groups attached to an aromatic ring is 1. The van der Waals surface area contributed by atoms with Gasteiger partial charge in [0.15, 0.2) is 5.82 Å². The number of nitroso groups, excluding NO2 is 1. The second-order valence-corrected chi connectivity index (χ2v) is 3.82. The molecule has 0 fully saturated rings. The lowest BCUT2D eigenvalue weighted by Gasteiger charge is -2.08. The summed E-state index contributed by atoms with van der Waals surface area (Å²) in [6, 6.07) is 4.18. The fourth-order valence-electron chi connectivity index (χ4n) is 1.55. The van der Waals surface area contributed by atoms with E-state index in [4.69, 9.17) is 5.73 Å². The molecule has 9 heteroatoms. The van der Waals surface area contributed by atoms with Crippen LogP contribution in [-0.4, -0.2) is 9.97 Å². The lowest BCUT2D eigenvalue weighted by atomic mass is 10.1. The third kappa shape index (κ3) is 2.51. The molecule has 0 atom stereocenters. The number of hydrogen-bond donors (Lipinski definition) is 2. The van der Waals surface area contributed by atoms with Gasteiger partial charge in [0, 0.05) is 5.56 Å². The van der Waals surface area contributed by atoms with E-state index in [0.29, 0.717) is 0 Å². The molecule has 6 nitrogen and oxygen atoms in total. The Kier molecular flexibility index (Phi) is 3.26.